The minimum Gasteiger partial charge on any atom is -0.508 e. The molecule has 0 aliphatic heterocycles. The van der Waals surface area contributed by atoms with E-state index in [0.717, 1.165) is 22.0 Å². The van der Waals surface area contributed by atoms with Crippen LogP contribution in [0.25, 0.3) is 10.9 Å². The number of nitrogens with one attached hydrogen (secondary N) is 5. The molecule has 13 heteroatoms. The number of Topliss-reactive ketones (excluding diaryl/α,β-unsaturated/α-hetero) is 1. The number of H-pyrrole nitrogens is 1. The maximum atomic E-state index is 12.8. The van der Waals surface area contributed by atoms with E-state index in [1.165, 1.54) is 0 Å². The van der Waals surface area contributed by atoms with Crippen LogP contribution in [0.15, 0.2) is 109 Å². The SMILES string of the molecule is O=C(CCCOCCOCCNc1nc(Nc2ccc(O)cc2)nc(Nc2ccc(C(=O)NCc3ccc4[nH]ccc4c3)cc2)n1)c1ccccc1. The highest BCUT2D eigenvalue weighted by molar-refractivity contribution is 5.96. The molecule has 266 valence electrons. The molecule has 0 spiro atoms. The lowest BCUT2D eigenvalue weighted by molar-refractivity contribution is 0.0497. The van der Waals surface area contributed by atoms with Crippen molar-refractivity contribution in [3.8, 4) is 5.75 Å². The van der Waals surface area contributed by atoms with Crippen molar-refractivity contribution in [2.24, 2.45) is 0 Å². The van der Waals surface area contributed by atoms with Crippen LogP contribution in [0, 0.1) is 0 Å². The first-order chi connectivity index (χ1) is 25.5. The molecule has 0 radical (unpaired) electrons. The van der Waals surface area contributed by atoms with Crippen LogP contribution in [-0.4, -0.2) is 69.7 Å². The van der Waals surface area contributed by atoms with Gasteiger partial charge in [-0.2, -0.15) is 15.0 Å². The van der Waals surface area contributed by atoms with Gasteiger partial charge in [-0.25, -0.2) is 0 Å². The molecule has 0 fully saturated rings. The second-order valence-electron chi connectivity index (χ2n) is 11.8. The number of ether oxygens (including phenoxy) is 2. The number of benzene rings is 4. The van der Waals surface area contributed by atoms with Gasteiger partial charge in [0.25, 0.3) is 5.91 Å². The fourth-order valence-electron chi connectivity index (χ4n) is 5.23. The lowest BCUT2D eigenvalue weighted by Gasteiger charge is -2.12. The highest BCUT2D eigenvalue weighted by Crippen LogP contribution is 2.21. The van der Waals surface area contributed by atoms with E-state index in [-0.39, 0.29) is 29.3 Å². The number of anilines is 5. The maximum absolute atomic E-state index is 12.8. The van der Waals surface area contributed by atoms with E-state index >= 15 is 0 Å². The van der Waals surface area contributed by atoms with Gasteiger partial charge < -0.3 is 40.8 Å². The molecule has 0 aliphatic rings. The average molecular weight is 701 g/mol. The van der Waals surface area contributed by atoms with Gasteiger partial charge >= 0.3 is 0 Å². The third-order valence-corrected chi connectivity index (χ3v) is 7.92. The second-order valence-corrected chi connectivity index (χ2v) is 11.8. The number of hydrogen-bond donors (Lipinski definition) is 6. The van der Waals surface area contributed by atoms with Gasteiger partial charge in [0.15, 0.2) is 5.78 Å². The number of hydrogen-bond acceptors (Lipinski definition) is 11. The molecular weight excluding hydrogens is 660 g/mol. The zero-order valence-electron chi connectivity index (χ0n) is 28.5. The summed E-state index contributed by atoms with van der Waals surface area (Å²) in [4.78, 5) is 41.7. The lowest BCUT2D eigenvalue weighted by atomic mass is 10.1. The summed E-state index contributed by atoms with van der Waals surface area (Å²) in [6.07, 6.45) is 2.98. The Bertz CT molecular complexity index is 2050. The predicted molar refractivity (Wildman–Crippen MR) is 201 cm³/mol. The molecule has 2 heterocycles. The number of phenols is 1. The maximum Gasteiger partial charge on any atom is 0.251 e. The van der Waals surface area contributed by atoms with Gasteiger partial charge in [-0.1, -0.05) is 36.4 Å². The Morgan fingerprint density at radius 1 is 0.692 bits per heavy atom. The Labute approximate surface area is 300 Å². The fraction of sp³-hybridized carbons (Fsp3) is 0.205. The fourth-order valence-corrected chi connectivity index (χ4v) is 5.23. The number of carbonyl (C=O) groups is 2. The molecule has 52 heavy (non-hydrogen) atoms. The summed E-state index contributed by atoms with van der Waals surface area (Å²) in [5, 5.41) is 23.2. The van der Waals surface area contributed by atoms with Crippen molar-refractivity contribution in [2.75, 3.05) is 48.9 Å². The first kappa shape index (κ1) is 35.5. The number of aromatic hydroxyl groups is 1. The summed E-state index contributed by atoms with van der Waals surface area (Å²) in [5.41, 5.74) is 4.65. The number of phenolic OH excluding ortho intramolecular Hbond substituents is 1. The van der Waals surface area contributed by atoms with Crippen LogP contribution in [0.1, 0.15) is 39.1 Å². The largest absolute Gasteiger partial charge is 0.508 e. The third-order valence-electron chi connectivity index (χ3n) is 7.92. The molecule has 4 aromatic carbocycles. The molecular formula is C39H40N8O5. The number of carbonyl (C=O) groups excluding carboxylic acids is 2. The number of amides is 1. The average Bonchev–Trinajstić information content (AvgIpc) is 3.64. The summed E-state index contributed by atoms with van der Waals surface area (Å²) in [6.45, 7) is 2.54. The molecule has 6 N–H and O–H groups in total. The van der Waals surface area contributed by atoms with E-state index in [0.29, 0.717) is 75.2 Å². The highest BCUT2D eigenvalue weighted by Gasteiger charge is 2.11. The Morgan fingerprint density at radius 2 is 1.37 bits per heavy atom. The summed E-state index contributed by atoms with van der Waals surface area (Å²) in [6, 6.07) is 30.8. The van der Waals surface area contributed by atoms with Crippen molar-refractivity contribution in [3.05, 3.63) is 126 Å². The topological polar surface area (TPSA) is 175 Å². The summed E-state index contributed by atoms with van der Waals surface area (Å²) < 4.78 is 11.3. The quantitative estimate of drug-likeness (QED) is 0.0306. The number of aromatic amines is 1. The minimum atomic E-state index is -0.183. The van der Waals surface area contributed by atoms with Crippen LogP contribution in [0.5, 0.6) is 5.75 Å². The standard InChI is InChI=1S/C39H40N8O5/c48-33-15-13-32(14-16-33)44-39-46-37(41-20-22-52-24-23-51-21-4-7-35(49)28-5-2-1-3-6-28)45-38(47-39)43-31-11-9-29(10-12-31)36(50)42-26-27-8-17-34-30(25-27)18-19-40-34/h1-3,5-6,8-19,25,40,48H,4,7,20-24,26H2,(H,42,50)(H3,41,43,44,45,46,47). The number of aromatic nitrogens is 4. The third kappa shape index (κ3) is 10.6. The van der Waals surface area contributed by atoms with Crippen molar-refractivity contribution in [2.45, 2.75) is 19.4 Å². The molecule has 2 aromatic heterocycles. The first-order valence-corrected chi connectivity index (χ1v) is 17.0. The van der Waals surface area contributed by atoms with Crippen molar-refractivity contribution in [1.29, 1.82) is 0 Å². The van der Waals surface area contributed by atoms with Gasteiger partial charge in [0.05, 0.1) is 19.8 Å². The molecule has 1 amide bonds. The molecule has 6 aromatic rings. The minimum absolute atomic E-state index is 0.112. The number of rotatable bonds is 19. The summed E-state index contributed by atoms with van der Waals surface area (Å²) in [5.74, 6) is 0.938. The van der Waals surface area contributed by atoms with E-state index < -0.39 is 0 Å². The van der Waals surface area contributed by atoms with Gasteiger partial charge in [0.1, 0.15) is 5.75 Å². The Balaban J connectivity index is 0.974. The van der Waals surface area contributed by atoms with Crippen molar-refractivity contribution < 1.29 is 24.2 Å². The molecule has 0 aliphatic carbocycles. The van der Waals surface area contributed by atoms with Gasteiger partial charge in [-0.05, 0) is 84.1 Å². The molecule has 0 atom stereocenters. The normalized spacial score (nSPS) is 10.9. The van der Waals surface area contributed by atoms with Crippen molar-refractivity contribution in [3.63, 3.8) is 0 Å². The zero-order valence-corrected chi connectivity index (χ0v) is 28.5. The zero-order chi connectivity index (χ0) is 36.0. The van der Waals surface area contributed by atoms with Crippen LogP contribution in [0.3, 0.4) is 0 Å². The Hall–Kier alpha value is -6.31. The molecule has 0 saturated carbocycles. The van der Waals surface area contributed by atoms with Crippen molar-refractivity contribution >= 4 is 51.8 Å². The van der Waals surface area contributed by atoms with Gasteiger partial charge in [-0.15, -0.1) is 0 Å². The number of ketones is 1. The van der Waals surface area contributed by atoms with Crippen molar-refractivity contribution in [1.82, 2.24) is 25.3 Å². The lowest BCUT2D eigenvalue weighted by Crippen LogP contribution is -2.22. The van der Waals surface area contributed by atoms with Gasteiger partial charge in [0.2, 0.25) is 17.8 Å². The Kier molecular flexibility index (Phi) is 12.3. The number of nitrogens with zero attached hydrogens (tertiary/aromatic N) is 3. The molecule has 6 rings (SSSR count). The molecule has 13 nitrogen and oxygen atoms in total. The second kappa shape index (κ2) is 18.1. The highest BCUT2D eigenvalue weighted by atomic mass is 16.5. The summed E-state index contributed by atoms with van der Waals surface area (Å²) in [7, 11) is 0. The monoisotopic (exact) mass is 700 g/mol. The number of fused-ring (bicyclic) bond motifs is 1. The van der Waals surface area contributed by atoms with E-state index in [9.17, 15) is 14.7 Å². The summed E-state index contributed by atoms with van der Waals surface area (Å²) >= 11 is 0. The van der Waals surface area contributed by atoms with E-state index in [1.54, 1.807) is 48.5 Å². The molecule has 0 unspecified atom stereocenters. The molecule has 0 bridgehead atoms. The van der Waals surface area contributed by atoms with Gasteiger partial charge in [-0.3, -0.25) is 9.59 Å². The van der Waals surface area contributed by atoms with E-state index in [4.69, 9.17) is 9.47 Å². The van der Waals surface area contributed by atoms with Crippen LogP contribution in [-0.2, 0) is 16.0 Å². The van der Waals surface area contributed by atoms with E-state index in [1.807, 2.05) is 60.8 Å². The first-order valence-electron chi connectivity index (χ1n) is 17.0. The van der Waals surface area contributed by atoms with Crippen LogP contribution in [0.4, 0.5) is 29.2 Å². The Morgan fingerprint density at radius 3 is 2.10 bits per heavy atom. The predicted octanol–water partition coefficient (Wildman–Crippen LogP) is 6.58. The molecule has 0 saturated heterocycles. The van der Waals surface area contributed by atoms with Crippen LogP contribution < -0.4 is 21.3 Å². The van der Waals surface area contributed by atoms with Crippen LogP contribution in [0.2, 0.25) is 0 Å². The van der Waals surface area contributed by atoms with Gasteiger partial charge in [0, 0.05) is 60.3 Å². The smallest absolute Gasteiger partial charge is 0.251 e. The van der Waals surface area contributed by atoms with E-state index in [2.05, 4.69) is 41.2 Å². The van der Waals surface area contributed by atoms with Crippen LogP contribution >= 0.6 is 0 Å².